The predicted octanol–water partition coefficient (Wildman–Crippen LogP) is 2.43. The minimum atomic E-state index is 0.134. The first kappa shape index (κ1) is 11.5. The monoisotopic (exact) mass is 214 g/mol. The summed E-state index contributed by atoms with van der Waals surface area (Å²) in [5.41, 5.74) is 1.18. The molecule has 1 N–H and O–H groups in total. The molecule has 0 atom stereocenters. The Morgan fingerprint density at radius 3 is 2.79 bits per heavy atom. The standard InChI is InChI=1S/C10H18N2OS/c1-5-13-9-12-8(7-14-9)6-11-10(2,3)4/h7,11H,5-6H2,1-4H3. The van der Waals surface area contributed by atoms with Gasteiger partial charge in [0.1, 0.15) is 0 Å². The molecule has 1 heterocycles. The lowest BCUT2D eigenvalue weighted by Crippen LogP contribution is -2.35. The lowest BCUT2D eigenvalue weighted by Gasteiger charge is -2.19. The van der Waals surface area contributed by atoms with Crippen LogP contribution in [0.4, 0.5) is 0 Å². The molecule has 1 rings (SSSR count). The van der Waals surface area contributed by atoms with E-state index in [1.54, 1.807) is 11.3 Å². The number of aromatic nitrogens is 1. The van der Waals surface area contributed by atoms with Crippen molar-refractivity contribution in [2.45, 2.75) is 39.8 Å². The van der Waals surface area contributed by atoms with Gasteiger partial charge in [0.15, 0.2) is 0 Å². The van der Waals surface area contributed by atoms with E-state index in [4.69, 9.17) is 4.74 Å². The summed E-state index contributed by atoms with van der Waals surface area (Å²) in [7, 11) is 0. The highest BCUT2D eigenvalue weighted by Crippen LogP contribution is 2.18. The maximum absolute atomic E-state index is 5.30. The van der Waals surface area contributed by atoms with Crippen molar-refractivity contribution in [3.05, 3.63) is 11.1 Å². The predicted molar refractivity (Wildman–Crippen MR) is 59.9 cm³/mol. The molecule has 0 aliphatic heterocycles. The molecule has 80 valence electrons. The van der Waals surface area contributed by atoms with E-state index >= 15 is 0 Å². The summed E-state index contributed by atoms with van der Waals surface area (Å²) < 4.78 is 5.30. The molecule has 0 aliphatic carbocycles. The van der Waals surface area contributed by atoms with Gasteiger partial charge in [0.25, 0.3) is 5.19 Å². The van der Waals surface area contributed by atoms with Gasteiger partial charge >= 0.3 is 0 Å². The van der Waals surface area contributed by atoms with Gasteiger partial charge in [-0.05, 0) is 27.7 Å². The molecule has 0 saturated carbocycles. The molecular formula is C10H18N2OS. The first-order chi connectivity index (χ1) is 6.51. The second-order valence-electron chi connectivity index (χ2n) is 4.14. The molecule has 0 unspecified atom stereocenters. The van der Waals surface area contributed by atoms with Crippen LogP contribution in [0, 0.1) is 0 Å². The molecule has 0 aliphatic rings. The first-order valence-electron chi connectivity index (χ1n) is 4.83. The lowest BCUT2D eigenvalue weighted by atomic mass is 10.1. The molecular weight excluding hydrogens is 196 g/mol. The topological polar surface area (TPSA) is 34.1 Å². The third-order valence-electron chi connectivity index (χ3n) is 1.60. The van der Waals surface area contributed by atoms with Crippen molar-refractivity contribution in [3.63, 3.8) is 0 Å². The average Bonchev–Trinajstić information content (AvgIpc) is 2.49. The van der Waals surface area contributed by atoms with Crippen molar-refractivity contribution in [1.29, 1.82) is 0 Å². The number of hydrogen-bond acceptors (Lipinski definition) is 4. The maximum Gasteiger partial charge on any atom is 0.273 e. The molecule has 1 aromatic heterocycles. The van der Waals surface area contributed by atoms with E-state index in [1.165, 1.54) is 0 Å². The summed E-state index contributed by atoms with van der Waals surface area (Å²) in [6.07, 6.45) is 0. The Balaban J connectivity index is 2.44. The molecule has 0 fully saturated rings. The van der Waals surface area contributed by atoms with Gasteiger partial charge in [-0.25, -0.2) is 4.98 Å². The fourth-order valence-corrected chi connectivity index (χ4v) is 1.64. The van der Waals surface area contributed by atoms with Gasteiger partial charge < -0.3 is 10.1 Å². The van der Waals surface area contributed by atoms with Crippen LogP contribution in [-0.2, 0) is 6.54 Å². The van der Waals surface area contributed by atoms with Crippen LogP contribution < -0.4 is 10.1 Å². The SMILES string of the molecule is CCOc1nc(CNC(C)(C)C)cs1. The lowest BCUT2D eigenvalue weighted by molar-refractivity contribution is 0.336. The summed E-state index contributed by atoms with van der Waals surface area (Å²) >= 11 is 1.55. The van der Waals surface area contributed by atoms with E-state index in [9.17, 15) is 0 Å². The van der Waals surface area contributed by atoms with Crippen molar-refractivity contribution >= 4 is 11.3 Å². The molecule has 0 bridgehead atoms. The Bertz CT molecular complexity index is 278. The number of rotatable bonds is 4. The van der Waals surface area contributed by atoms with Crippen molar-refractivity contribution in [1.82, 2.24) is 10.3 Å². The average molecular weight is 214 g/mol. The van der Waals surface area contributed by atoms with Gasteiger partial charge in [0.2, 0.25) is 0 Å². The largest absolute Gasteiger partial charge is 0.470 e. The third-order valence-corrected chi connectivity index (χ3v) is 2.40. The van der Waals surface area contributed by atoms with Crippen LogP contribution in [0.5, 0.6) is 5.19 Å². The Labute approximate surface area is 89.5 Å². The Morgan fingerprint density at radius 1 is 1.50 bits per heavy atom. The molecule has 0 spiro atoms. The minimum Gasteiger partial charge on any atom is -0.470 e. The molecule has 0 amide bonds. The summed E-state index contributed by atoms with van der Waals surface area (Å²) in [6.45, 7) is 9.87. The molecule has 0 saturated heterocycles. The van der Waals surface area contributed by atoms with Crippen LogP contribution in [-0.4, -0.2) is 17.1 Å². The molecule has 0 radical (unpaired) electrons. The van der Waals surface area contributed by atoms with Crippen molar-refractivity contribution in [2.75, 3.05) is 6.61 Å². The molecule has 0 aromatic carbocycles. The van der Waals surface area contributed by atoms with Crippen molar-refractivity contribution in [3.8, 4) is 5.19 Å². The number of nitrogens with zero attached hydrogens (tertiary/aromatic N) is 1. The van der Waals surface area contributed by atoms with Crippen LogP contribution in [0.1, 0.15) is 33.4 Å². The third kappa shape index (κ3) is 4.07. The molecule has 4 heteroatoms. The van der Waals surface area contributed by atoms with Gasteiger partial charge in [0, 0.05) is 17.5 Å². The Hall–Kier alpha value is -0.610. The number of hydrogen-bond donors (Lipinski definition) is 1. The highest BCUT2D eigenvalue weighted by Gasteiger charge is 2.10. The summed E-state index contributed by atoms with van der Waals surface area (Å²) in [5.74, 6) is 0. The van der Waals surface area contributed by atoms with Crippen LogP contribution in [0.15, 0.2) is 5.38 Å². The van der Waals surface area contributed by atoms with Crippen molar-refractivity contribution in [2.24, 2.45) is 0 Å². The van der Waals surface area contributed by atoms with Gasteiger partial charge in [-0.1, -0.05) is 11.3 Å². The smallest absolute Gasteiger partial charge is 0.273 e. The van der Waals surface area contributed by atoms with Gasteiger partial charge in [-0.3, -0.25) is 0 Å². The van der Waals surface area contributed by atoms with Crippen LogP contribution in [0.2, 0.25) is 0 Å². The molecule has 3 nitrogen and oxygen atoms in total. The normalized spacial score (nSPS) is 11.7. The Kier molecular flexibility index (Phi) is 3.89. The van der Waals surface area contributed by atoms with E-state index in [1.807, 2.05) is 12.3 Å². The van der Waals surface area contributed by atoms with Gasteiger partial charge in [0.05, 0.1) is 12.3 Å². The van der Waals surface area contributed by atoms with Crippen molar-refractivity contribution < 1.29 is 4.74 Å². The number of thiazole rings is 1. The zero-order chi connectivity index (χ0) is 10.6. The second kappa shape index (κ2) is 4.75. The summed E-state index contributed by atoms with van der Waals surface area (Å²) in [6, 6.07) is 0. The van der Waals surface area contributed by atoms with Crippen LogP contribution in [0.3, 0.4) is 0 Å². The fourth-order valence-electron chi connectivity index (χ4n) is 0.915. The summed E-state index contributed by atoms with van der Waals surface area (Å²) in [4.78, 5) is 4.34. The molecule has 1 aromatic rings. The number of nitrogens with one attached hydrogen (secondary N) is 1. The minimum absolute atomic E-state index is 0.134. The van der Waals surface area contributed by atoms with E-state index < -0.39 is 0 Å². The zero-order valence-corrected chi connectivity index (χ0v) is 10.1. The van der Waals surface area contributed by atoms with E-state index in [-0.39, 0.29) is 5.54 Å². The second-order valence-corrected chi connectivity index (χ2v) is 4.96. The number of ether oxygens (including phenoxy) is 1. The van der Waals surface area contributed by atoms with Gasteiger partial charge in [-0.15, -0.1) is 0 Å². The van der Waals surface area contributed by atoms with Crippen LogP contribution in [0.25, 0.3) is 0 Å². The summed E-state index contributed by atoms with van der Waals surface area (Å²) in [5, 5.41) is 6.18. The van der Waals surface area contributed by atoms with E-state index in [0.29, 0.717) is 6.61 Å². The van der Waals surface area contributed by atoms with E-state index in [2.05, 4.69) is 31.1 Å². The fraction of sp³-hybridized carbons (Fsp3) is 0.700. The zero-order valence-electron chi connectivity index (χ0n) is 9.26. The highest BCUT2D eigenvalue weighted by molar-refractivity contribution is 7.11. The first-order valence-corrected chi connectivity index (χ1v) is 5.71. The van der Waals surface area contributed by atoms with E-state index in [0.717, 1.165) is 17.4 Å². The molecule has 14 heavy (non-hydrogen) atoms. The van der Waals surface area contributed by atoms with Gasteiger partial charge in [-0.2, -0.15) is 0 Å². The maximum atomic E-state index is 5.30. The highest BCUT2D eigenvalue weighted by atomic mass is 32.1. The quantitative estimate of drug-likeness (QED) is 0.836. The Morgan fingerprint density at radius 2 is 2.21 bits per heavy atom. The van der Waals surface area contributed by atoms with Crippen LogP contribution >= 0.6 is 11.3 Å².